The fourth-order valence-corrected chi connectivity index (χ4v) is 3.55. The van der Waals surface area contributed by atoms with Gasteiger partial charge in [0.2, 0.25) is 0 Å². The third-order valence-electron chi connectivity index (χ3n) is 4.93. The molecular formula is C22H23FN2O2. The predicted octanol–water partition coefficient (Wildman–Crippen LogP) is 4.26. The molecule has 2 aromatic carbocycles. The van der Waals surface area contributed by atoms with E-state index in [9.17, 15) is 9.18 Å². The quantitative estimate of drug-likeness (QED) is 0.709. The van der Waals surface area contributed by atoms with Crippen molar-refractivity contribution < 1.29 is 13.9 Å². The monoisotopic (exact) mass is 366 g/mol. The molecule has 0 saturated carbocycles. The van der Waals surface area contributed by atoms with Crippen LogP contribution in [-0.2, 0) is 13.0 Å². The second-order valence-corrected chi connectivity index (χ2v) is 6.55. The first-order valence-corrected chi connectivity index (χ1v) is 8.80. The summed E-state index contributed by atoms with van der Waals surface area (Å²) in [5.74, 6) is -0.0273. The second kappa shape index (κ2) is 7.66. The Bertz CT molecular complexity index is 975. The minimum Gasteiger partial charge on any atom is -0.497 e. The summed E-state index contributed by atoms with van der Waals surface area (Å²) in [6.45, 7) is 4.51. The molecule has 3 rings (SSSR count). The summed E-state index contributed by atoms with van der Waals surface area (Å²) in [4.78, 5) is 12.1. The van der Waals surface area contributed by atoms with E-state index in [2.05, 4.69) is 4.57 Å². The van der Waals surface area contributed by atoms with Crippen molar-refractivity contribution >= 4 is 5.91 Å². The first-order chi connectivity index (χ1) is 12.9. The van der Waals surface area contributed by atoms with Gasteiger partial charge in [0.25, 0.3) is 5.91 Å². The van der Waals surface area contributed by atoms with Crippen molar-refractivity contribution in [2.75, 3.05) is 7.11 Å². The van der Waals surface area contributed by atoms with E-state index >= 15 is 0 Å². The van der Waals surface area contributed by atoms with Crippen LogP contribution in [0.15, 0.2) is 48.5 Å². The molecule has 2 N–H and O–H groups in total. The van der Waals surface area contributed by atoms with E-state index < -0.39 is 5.91 Å². The van der Waals surface area contributed by atoms with Gasteiger partial charge in [0, 0.05) is 23.5 Å². The molecular weight excluding hydrogens is 343 g/mol. The normalized spacial score (nSPS) is 10.8. The summed E-state index contributed by atoms with van der Waals surface area (Å²) < 4.78 is 21.0. The molecule has 0 bridgehead atoms. The smallest absolute Gasteiger partial charge is 0.251 e. The molecule has 0 saturated heterocycles. The Morgan fingerprint density at radius 1 is 1.11 bits per heavy atom. The molecule has 4 nitrogen and oxygen atoms in total. The Morgan fingerprint density at radius 3 is 2.41 bits per heavy atom. The van der Waals surface area contributed by atoms with Crippen LogP contribution in [-0.4, -0.2) is 17.6 Å². The topological polar surface area (TPSA) is 57.2 Å². The fraction of sp³-hybridized carbons (Fsp3) is 0.227. The number of hydrogen-bond acceptors (Lipinski definition) is 2. The number of benzene rings is 2. The lowest BCUT2D eigenvalue weighted by Gasteiger charge is -2.10. The zero-order valence-electron chi connectivity index (χ0n) is 15.8. The molecule has 0 atom stereocenters. The van der Waals surface area contributed by atoms with Crippen molar-refractivity contribution in [1.29, 1.82) is 0 Å². The molecule has 0 aliphatic rings. The standard InChI is InChI=1S/C22H23FN2O2/c1-14-20(17-5-4-6-18(23)13-17)21(22(24)26)15(2)25(14)12-11-16-7-9-19(27-3)10-8-16/h4-10,13H,11-12H2,1-3H3,(H2,24,26). The first-order valence-electron chi connectivity index (χ1n) is 8.80. The van der Waals surface area contributed by atoms with Gasteiger partial charge in [-0.05, 0) is 55.7 Å². The lowest BCUT2D eigenvalue weighted by molar-refractivity contribution is 0.1000. The zero-order chi connectivity index (χ0) is 19.6. The Labute approximate surface area is 158 Å². The Kier molecular flexibility index (Phi) is 5.31. The van der Waals surface area contributed by atoms with Gasteiger partial charge in [-0.3, -0.25) is 4.79 Å². The largest absolute Gasteiger partial charge is 0.497 e. The average Bonchev–Trinajstić information content (AvgIpc) is 2.91. The van der Waals surface area contributed by atoms with Crippen LogP contribution in [0.5, 0.6) is 5.75 Å². The molecule has 5 heteroatoms. The van der Waals surface area contributed by atoms with Gasteiger partial charge >= 0.3 is 0 Å². The first kappa shape index (κ1) is 18.7. The van der Waals surface area contributed by atoms with Gasteiger partial charge in [0.1, 0.15) is 11.6 Å². The number of amides is 1. The number of primary amides is 1. The number of aryl methyl sites for hydroxylation is 1. The molecule has 1 aromatic heterocycles. The highest BCUT2D eigenvalue weighted by Gasteiger charge is 2.22. The molecule has 140 valence electrons. The minimum absolute atomic E-state index is 0.342. The summed E-state index contributed by atoms with van der Waals surface area (Å²) in [6.07, 6.45) is 0.793. The van der Waals surface area contributed by atoms with E-state index in [1.807, 2.05) is 38.1 Å². The molecule has 0 aliphatic heterocycles. The summed E-state index contributed by atoms with van der Waals surface area (Å²) in [5.41, 5.74) is 10.3. The predicted molar refractivity (Wildman–Crippen MR) is 105 cm³/mol. The number of ether oxygens (including phenoxy) is 1. The third kappa shape index (κ3) is 3.72. The number of rotatable bonds is 6. The van der Waals surface area contributed by atoms with Crippen molar-refractivity contribution in [2.45, 2.75) is 26.8 Å². The summed E-state index contributed by atoms with van der Waals surface area (Å²) in [5, 5.41) is 0. The van der Waals surface area contributed by atoms with E-state index in [-0.39, 0.29) is 5.82 Å². The van der Waals surface area contributed by atoms with Crippen LogP contribution >= 0.6 is 0 Å². The van der Waals surface area contributed by atoms with Crippen molar-refractivity contribution in [3.63, 3.8) is 0 Å². The SMILES string of the molecule is COc1ccc(CCn2c(C)c(C(N)=O)c(-c3cccc(F)c3)c2C)cc1. The van der Waals surface area contributed by atoms with Gasteiger partial charge in [0.15, 0.2) is 0 Å². The van der Waals surface area contributed by atoms with E-state index in [0.717, 1.165) is 29.1 Å². The lowest BCUT2D eigenvalue weighted by atomic mass is 10.00. The van der Waals surface area contributed by atoms with Crippen LogP contribution in [0.4, 0.5) is 4.39 Å². The van der Waals surface area contributed by atoms with Gasteiger partial charge in [-0.25, -0.2) is 4.39 Å². The Morgan fingerprint density at radius 2 is 1.81 bits per heavy atom. The lowest BCUT2D eigenvalue weighted by Crippen LogP contribution is -2.14. The van der Waals surface area contributed by atoms with Crippen LogP contribution < -0.4 is 10.5 Å². The van der Waals surface area contributed by atoms with Gasteiger partial charge in [-0.1, -0.05) is 24.3 Å². The second-order valence-electron chi connectivity index (χ2n) is 6.55. The summed E-state index contributed by atoms with van der Waals surface area (Å²) in [7, 11) is 1.64. The maximum Gasteiger partial charge on any atom is 0.251 e. The Hall–Kier alpha value is -3.08. The van der Waals surface area contributed by atoms with Crippen LogP contribution in [0.2, 0.25) is 0 Å². The van der Waals surface area contributed by atoms with Crippen molar-refractivity contribution in [3.8, 4) is 16.9 Å². The number of carbonyl (C=O) groups excluding carboxylic acids is 1. The minimum atomic E-state index is -0.502. The highest BCUT2D eigenvalue weighted by molar-refractivity contribution is 6.02. The molecule has 0 fully saturated rings. The van der Waals surface area contributed by atoms with Crippen LogP contribution in [0.3, 0.4) is 0 Å². The third-order valence-corrected chi connectivity index (χ3v) is 4.93. The van der Waals surface area contributed by atoms with Gasteiger partial charge in [0.05, 0.1) is 12.7 Å². The van der Waals surface area contributed by atoms with E-state index in [0.29, 0.717) is 23.2 Å². The molecule has 27 heavy (non-hydrogen) atoms. The molecule has 0 aliphatic carbocycles. The van der Waals surface area contributed by atoms with Gasteiger partial charge in [-0.15, -0.1) is 0 Å². The molecule has 0 spiro atoms. The number of methoxy groups -OCH3 is 1. The van der Waals surface area contributed by atoms with Gasteiger partial charge < -0.3 is 15.0 Å². The molecule has 0 unspecified atom stereocenters. The maximum absolute atomic E-state index is 13.7. The number of nitrogens with two attached hydrogens (primary N) is 1. The van der Waals surface area contributed by atoms with Crippen molar-refractivity contribution in [3.05, 3.63) is 76.9 Å². The van der Waals surface area contributed by atoms with E-state index in [1.165, 1.54) is 12.1 Å². The van der Waals surface area contributed by atoms with Crippen LogP contribution in [0.25, 0.3) is 11.1 Å². The molecule has 3 aromatic rings. The highest BCUT2D eigenvalue weighted by atomic mass is 19.1. The number of hydrogen-bond donors (Lipinski definition) is 1. The molecule has 1 amide bonds. The highest BCUT2D eigenvalue weighted by Crippen LogP contribution is 2.32. The number of halogens is 1. The van der Waals surface area contributed by atoms with Crippen molar-refractivity contribution in [1.82, 2.24) is 4.57 Å². The molecule has 1 heterocycles. The van der Waals surface area contributed by atoms with E-state index in [1.54, 1.807) is 19.2 Å². The van der Waals surface area contributed by atoms with Crippen molar-refractivity contribution in [2.24, 2.45) is 5.73 Å². The van der Waals surface area contributed by atoms with E-state index in [4.69, 9.17) is 10.5 Å². The average molecular weight is 366 g/mol. The number of carbonyl (C=O) groups is 1. The maximum atomic E-state index is 13.7. The van der Waals surface area contributed by atoms with Crippen LogP contribution in [0, 0.1) is 19.7 Å². The van der Waals surface area contributed by atoms with Crippen LogP contribution in [0.1, 0.15) is 27.3 Å². The Balaban J connectivity index is 1.98. The van der Waals surface area contributed by atoms with Gasteiger partial charge in [-0.2, -0.15) is 0 Å². The fourth-order valence-electron chi connectivity index (χ4n) is 3.55. The number of aromatic nitrogens is 1. The summed E-state index contributed by atoms with van der Waals surface area (Å²) in [6, 6.07) is 14.2. The summed E-state index contributed by atoms with van der Waals surface area (Å²) >= 11 is 0. The molecule has 0 radical (unpaired) electrons. The zero-order valence-corrected chi connectivity index (χ0v) is 15.8. The number of nitrogens with zero attached hydrogens (tertiary/aromatic N) is 1.